The van der Waals surface area contributed by atoms with Crippen LogP contribution in [0.15, 0.2) is 12.8 Å². The molecule has 0 saturated carbocycles. The topological polar surface area (TPSA) is 62.2 Å². The number of aliphatic hydroxyl groups excluding tert-OH is 2. The molecule has 0 fully saturated rings. The van der Waals surface area contributed by atoms with Gasteiger partial charge in [-0.1, -0.05) is 6.58 Å². The molecule has 0 aromatic heterocycles. The predicted molar refractivity (Wildman–Crippen MR) is 56.6 cm³/mol. The van der Waals surface area contributed by atoms with E-state index in [4.69, 9.17) is 19.9 Å². The maximum absolute atomic E-state index is 8.54. The number of nitrogens with zero attached hydrogens (tertiary/aromatic N) is 1. The summed E-state index contributed by atoms with van der Waals surface area (Å²) in [4.78, 5) is 10.4. The molecule has 0 bridgehead atoms. The van der Waals surface area contributed by atoms with E-state index in [0.717, 1.165) is 25.7 Å². The van der Waals surface area contributed by atoms with Gasteiger partial charge in [0.15, 0.2) is 0 Å². The summed E-state index contributed by atoms with van der Waals surface area (Å²) in [5, 5.41) is 18.3. The van der Waals surface area contributed by atoms with Crippen LogP contribution in [0.2, 0.25) is 0 Å². The lowest BCUT2D eigenvalue weighted by Gasteiger charge is -2.18. The number of aliphatic hydroxyl groups is 2. The fourth-order valence-electron chi connectivity index (χ4n) is 0.879. The van der Waals surface area contributed by atoms with Gasteiger partial charge in [0.05, 0.1) is 19.4 Å². The highest BCUT2D eigenvalue weighted by Crippen LogP contribution is 1.98. The third-order valence-corrected chi connectivity index (χ3v) is 1.69. The summed E-state index contributed by atoms with van der Waals surface area (Å²) in [7, 11) is 0. The van der Waals surface area contributed by atoms with Crippen LogP contribution in [0.25, 0.3) is 0 Å². The second-order valence-electron chi connectivity index (χ2n) is 3.00. The predicted octanol–water partition coefficient (Wildman–Crippen LogP) is 0.840. The monoisotopic (exact) mass is 219 g/mol. The van der Waals surface area contributed by atoms with Crippen LogP contribution in [0.3, 0.4) is 0 Å². The molecule has 0 atom stereocenters. The summed E-state index contributed by atoms with van der Waals surface area (Å²) in [6, 6.07) is 0. The van der Waals surface area contributed by atoms with Crippen LogP contribution in [0.5, 0.6) is 0 Å². The van der Waals surface area contributed by atoms with Crippen molar-refractivity contribution in [2.24, 2.45) is 0 Å². The summed E-state index contributed by atoms with van der Waals surface area (Å²) in [6.45, 7) is 4.87. The van der Waals surface area contributed by atoms with Gasteiger partial charge < -0.3 is 10.2 Å². The van der Waals surface area contributed by atoms with E-state index < -0.39 is 0 Å². The molecule has 0 spiro atoms. The van der Waals surface area contributed by atoms with E-state index in [1.807, 2.05) is 0 Å². The Morgan fingerprint density at radius 1 is 0.933 bits per heavy atom. The zero-order valence-electron chi connectivity index (χ0n) is 9.10. The van der Waals surface area contributed by atoms with Gasteiger partial charge in [0, 0.05) is 13.2 Å². The smallest absolute Gasteiger partial charge is 0.0776 e. The van der Waals surface area contributed by atoms with Crippen molar-refractivity contribution >= 4 is 0 Å². The van der Waals surface area contributed by atoms with Crippen LogP contribution in [0.4, 0.5) is 0 Å². The molecule has 0 heterocycles. The fraction of sp³-hybridized carbons (Fsp3) is 0.800. The van der Waals surface area contributed by atoms with Crippen LogP contribution >= 0.6 is 0 Å². The van der Waals surface area contributed by atoms with Crippen LogP contribution in [-0.4, -0.2) is 41.9 Å². The molecule has 0 aromatic rings. The second kappa shape index (κ2) is 11.5. The van der Waals surface area contributed by atoms with Gasteiger partial charge in [0.25, 0.3) is 0 Å². The molecule has 0 aliphatic rings. The molecular weight excluding hydrogens is 198 g/mol. The Morgan fingerprint density at radius 2 is 1.40 bits per heavy atom. The van der Waals surface area contributed by atoms with Gasteiger partial charge in [-0.15, -0.1) is 5.23 Å². The summed E-state index contributed by atoms with van der Waals surface area (Å²) in [5.74, 6) is 0. The molecule has 0 aliphatic heterocycles. The highest BCUT2D eigenvalue weighted by Gasteiger charge is 1.99. The Bertz CT molecular complexity index is 131. The number of hydroxylamine groups is 2. The first kappa shape index (κ1) is 14.4. The molecule has 0 rings (SSSR count). The zero-order chi connectivity index (χ0) is 11.4. The number of unbranched alkanes of at least 4 members (excludes halogenated alkanes) is 2. The first-order valence-electron chi connectivity index (χ1n) is 5.24. The summed E-state index contributed by atoms with van der Waals surface area (Å²) >= 11 is 0. The van der Waals surface area contributed by atoms with Gasteiger partial charge in [-0.25, -0.2) is 9.68 Å². The molecule has 0 radical (unpaired) electrons. The average Bonchev–Trinajstić information content (AvgIpc) is 2.27. The minimum absolute atomic E-state index is 0.175. The molecular formula is C10H21NO4. The van der Waals surface area contributed by atoms with Gasteiger partial charge in [-0.2, -0.15) is 0 Å². The highest BCUT2D eigenvalue weighted by atomic mass is 16.9. The zero-order valence-corrected chi connectivity index (χ0v) is 9.10. The summed E-state index contributed by atoms with van der Waals surface area (Å²) in [6.07, 6.45) is 4.44. The van der Waals surface area contributed by atoms with Crippen LogP contribution in [0, 0.1) is 0 Å². The van der Waals surface area contributed by atoms with Gasteiger partial charge in [-0.3, -0.25) is 0 Å². The quantitative estimate of drug-likeness (QED) is 0.398. The summed E-state index contributed by atoms with van der Waals surface area (Å²) < 4.78 is 0. The Balaban J connectivity index is 3.34. The summed E-state index contributed by atoms with van der Waals surface area (Å²) in [5.41, 5.74) is 0. The molecule has 5 nitrogen and oxygen atoms in total. The first-order valence-corrected chi connectivity index (χ1v) is 5.24. The van der Waals surface area contributed by atoms with E-state index in [0.29, 0.717) is 13.2 Å². The van der Waals surface area contributed by atoms with Crippen molar-refractivity contribution in [1.29, 1.82) is 0 Å². The van der Waals surface area contributed by atoms with Gasteiger partial charge in [0.2, 0.25) is 0 Å². The van der Waals surface area contributed by atoms with Crippen molar-refractivity contribution in [1.82, 2.24) is 5.23 Å². The Labute approximate surface area is 90.8 Å². The maximum Gasteiger partial charge on any atom is 0.0776 e. The van der Waals surface area contributed by atoms with Gasteiger partial charge >= 0.3 is 0 Å². The number of rotatable bonds is 11. The third kappa shape index (κ3) is 9.68. The minimum atomic E-state index is 0.175. The third-order valence-electron chi connectivity index (χ3n) is 1.69. The van der Waals surface area contributed by atoms with E-state index in [-0.39, 0.29) is 13.2 Å². The average molecular weight is 219 g/mol. The van der Waals surface area contributed by atoms with Crippen LogP contribution < -0.4 is 0 Å². The number of hydrogen-bond donors (Lipinski definition) is 2. The van der Waals surface area contributed by atoms with Crippen molar-refractivity contribution in [3.8, 4) is 0 Å². The molecule has 15 heavy (non-hydrogen) atoms. The molecule has 2 N–H and O–H groups in total. The van der Waals surface area contributed by atoms with Gasteiger partial charge in [0.1, 0.15) is 0 Å². The van der Waals surface area contributed by atoms with Crippen molar-refractivity contribution in [2.75, 3.05) is 26.4 Å². The minimum Gasteiger partial charge on any atom is -0.396 e. The van der Waals surface area contributed by atoms with Crippen molar-refractivity contribution in [2.45, 2.75) is 25.7 Å². The lowest BCUT2D eigenvalue weighted by atomic mass is 10.3. The van der Waals surface area contributed by atoms with E-state index in [1.165, 1.54) is 11.4 Å². The normalized spacial score (nSPS) is 10.3. The largest absolute Gasteiger partial charge is 0.396 e. The van der Waals surface area contributed by atoms with Crippen LogP contribution in [0.1, 0.15) is 25.7 Å². The van der Waals surface area contributed by atoms with Crippen molar-refractivity contribution < 1.29 is 19.9 Å². The fourth-order valence-corrected chi connectivity index (χ4v) is 0.879. The highest BCUT2D eigenvalue weighted by molar-refractivity contribution is 4.54. The second-order valence-corrected chi connectivity index (χ2v) is 3.00. The van der Waals surface area contributed by atoms with Crippen molar-refractivity contribution in [3.63, 3.8) is 0 Å². The lowest BCUT2D eigenvalue weighted by Crippen LogP contribution is -2.19. The molecule has 0 amide bonds. The van der Waals surface area contributed by atoms with Crippen LogP contribution in [-0.2, 0) is 9.68 Å². The lowest BCUT2D eigenvalue weighted by molar-refractivity contribution is -0.336. The molecule has 0 aliphatic carbocycles. The SMILES string of the molecule is C=CN(OCCCCO)OCCCCO. The van der Waals surface area contributed by atoms with Gasteiger partial charge in [-0.05, 0) is 25.7 Å². The van der Waals surface area contributed by atoms with Crippen molar-refractivity contribution in [3.05, 3.63) is 12.8 Å². The number of hydrogen-bond acceptors (Lipinski definition) is 5. The van der Waals surface area contributed by atoms with E-state index in [1.54, 1.807) is 0 Å². The standard InChI is InChI=1S/C10H21NO4/c1-2-11(14-9-5-3-7-12)15-10-6-4-8-13/h2,12-13H,1,3-10H2. The van der Waals surface area contributed by atoms with E-state index in [2.05, 4.69) is 6.58 Å². The molecule has 0 aromatic carbocycles. The first-order chi connectivity index (χ1) is 7.35. The maximum atomic E-state index is 8.54. The molecule has 0 unspecified atom stereocenters. The Kier molecular flexibility index (Phi) is 11.0. The van der Waals surface area contributed by atoms with E-state index >= 15 is 0 Å². The Hall–Kier alpha value is -0.620. The molecule has 90 valence electrons. The molecule has 0 saturated heterocycles. The Morgan fingerprint density at radius 3 is 1.73 bits per heavy atom. The van der Waals surface area contributed by atoms with E-state index in [9.17, 15) is 0 Å². The molecule has 5 heteroatoms.